The molecule has 0 spiro atoms. The van der Waals surface area contributed by atoms with Crippen molar-refractivity contribution in [1.82, 2.24) is 14.4 Å². The van der Waals surface area contributed by atoms with Gasteiger partial charge in [0.15, 0.2) is 11.5 Å². The van der Waals surface area contributed by atoms with Crippen molar-refractivity contribution in [3.8, 4) is 0 Å². The molecule has 1 aliphatic carbocycles. The fraction of sp³-hybridized carbons (Fsp3) is 0.538. The third kappa shape index (κ3) is 2.36. The van der Waals surface area contributed by atoms with E-state index in [4.69, 9.17) is 0 Å². The first-order valence-corrected chi connectivity index (χ1v) is 7.91. The first-order chi connectivity index (χ1) is 9.31. The van der Waals surface area contributed by atoms with Gasteiger partial charge in [-0.05, 0) is 19.1 Å². The van der Waals surface area contributed by atoms with Crippen LogP contribution in [0.25, 0.3) is 5.65 Å². The Balaban J connectivity index is 1.92. The number of nitrogens with one attached hydrogen (secondary N) is 2. The molecule has 19 heavy (non-hydrogen) atoms. The summed E-state index contributed by atoms with van der Waals surface area (Å²) in [6, 6.07) is 0.495. The first kappa shape index (κ1) is 12.6. The molecule has 0 aromatic carbocycles. The van der Waals surface area contributed by atoms with Gasteiger partial charge in [-0.3, -0.25) is 0 Å². The molecule has 6 heteroatoms. The molecule has 2 N–H and O–H groups in total. The molecule has 2 atom stereocenters. The number of thioether (sulfide) groups is 1. The predicted octanol–water partition coefficient (Wildman–Crippen LogP) is 2.47. The van der Waals surface area contributed by atoms with E-state index in [1.165, 1.54) is 19.3 Å². The molecule has 0 aliphatic heterocycles. The van der Waals surface area contributed by atoms with Crippen LogP contribution in [0, 0.1) is 0 Å². The molecule has 2 aromatic rings. The topological polar surface area (TPSA) is 54.2 Å². The van der Waals surface area contributed by atoms with Crippen LogP contribution in [0.5, 0.6) is 0 Å². The van der Waals surface area contributed by atoms with Crippen LogP contribution in [0.1, 0.15) is 19.3 Å². The summed E-state index contributed by atoms with van der Waals surface area (Å²) in [5.74, 6) is 1.73. The Morgan fingerprint density at radius 3 is 3.11 bits per heavy atom. The van der Waals surface area contributed by atoms with Gasteiger partial charge in [0.05, 0.1) is 6.20 Å². The van der Waals surface area contributed by atoms with Gasteiger partial charge in [0.1, 0.15) is 5.82 Å². The molecule has 5 nitrogen and oxygen atoms in total. The van der Waals surface area contributed by atoms with E-state index < -0.39 is 0 Å². The molecule has 2 heterocycles. The zero-order valence-corrected chi connectivity index (χ0v) is 12.1. The Morgan fingerprint density at radius 1 is 1.42 bits per heavy atom. The Morgan fingerprint density at radius 2 is 2.32 bits per heavy atom. The van der Waals surface area contributed by atoms with Crippen molar-refractivity contribution in [3.63, 3.8) is 0 Å². The van der Waals surface area contributed by atoms with Crippen LogP contribution < -0.4 is 10.6 Å². The summed E-state index contributed by atoms with van der Waals surface area (Å²) in [4.78, 5) is 9.00. The van der Waals surface area contributed by atoms with Crippen molar-refractivity contribution in [2.24, 2.45) is 0 Å². The third-order valence-electron chi connectivity index (χ3n) is 3.71. The number of hydrogen-bond acceptors (Lipinski definition) is 5. The quantitative estimate of drug-likeness (QED) is 0.899. The minimum atomic E-state index is 0.495. The molecule has 0 amide bonds. The Labute approximate surface area is 117 Å². The Kier molecular flexibility index (Phi) is 3.50. The maximum Gasteiger partial charge on any atom is 0.180 e. The largest absolute Gasteiger partial charge is 0.372 e. The molecule has 1 aliphatic rings. The van der Waals surface area contributed by atoms with Gasteiger partial charge in [0.25, 0.3) is 0 Å². The summed E-state index contributed by atoms with van der Waals surface area (Å²) >= 11 is 1.94. The number of rotatable bonds is 4. The van der Waals surface area contributed by atoms with E-state index in [1.54, 1.807) is 0 Å². The van der Waals surface area contributed by atoms with Gasteiger partial charge < -0.3 is 15.0 Å². The van der Waals surface area contributed by atoms with Crippen molar-refractivity contribution < 1.29 is 0 Å². The maximum atomic E-state index is 4.61. The van der Waals surface area contributed by atoms with Gasteiger partial charge in [-0.1, -0.05) is 6.42 Å². The second kappa shape index (κ2) is 5.28. The van der Waals surface area contributed by atoms with Crippen molar-refractivity contribution in [3.05, 3.63) is 18.6 Å². The highest BCUT2D eigenvalue weighted by atomic mass is 32.2. The average molecular weight is 277 g/mol. The van der Waals surface area contributed by atoms with E-state index in [1.807, 2.05) is 41.8 Å². The molecule has 2 aromatic heterocycles. The second-order valence-electron chi connectivity index (χ2n) is 4.84. The van der Waals surface area contributed by atoms with E-state index in [0.717, 1.165) is 17.3 Å². The zero-order valence-electron chi connectivity index (χ0n) is 11.3. The number of aromatic nitrogens is 3. The lowest BCUT2D eigenvalue weighted by atomic mass is 10.2. The van der Waals surface area contributed by atoms with Crippen molar-refractivity contribution in [2.75, 3.05) is 23.9 Å². The van der Waals surface area contributed by atoms with Gasteiger partial charge in [-0.2, -0.15) is 11.8 Å². The highest BCUT2D eigenvalue weighted by Crippen LogP contribution is 2.31. The lowest BCUT2D eigenvalue weighted by Gasteiger charge is -2.20. The third-order valence-corrected chi connectivity index (χ3v) is 4.88. The standard InChI is InChI=1S/C13H19N5S/c1-14-11-8-18-7-6-15-13(18)12(17-11)16-9-4-3-5-10(9)19-2/h6-10,14H,3-5H2,1-2H3,(H,16,17). The summed E-state index contributed by atoms with van der Waals surface area (Å²) in [5, 5.41) is 7.36. The van der Waals surface area contributed by atoms with Crippen LogP contribution in [0.3, 0.4) is 0 Å². The van der Waals surface area contributed by atoms with Gasteiger partial charge in [0.2, 0.25) is 0 Å². The minimum Gasteiger partial charge on any atom is -0.372 e. The van der Waals surface area contributed by atoms with Crippen LogP contribution in [0.4, 0.5) is 11.6 Å². The molecule has 1 saturated carbocycles. The van der Waals surface area contributed by atoms with Crippen molar-refractivity contribution in [1.29, 1.82) is 0 Å². The Bertz CT molecular complexity index is 567. The number of anilines is 2. The van der Waals surface area contributed by atoms with E-state index in [2.05, 4.69) is 26.9 Å². The summed E-state index contributed by atoms with van der Waals surface area (Å²) in [6.45, 7) is 0. The summed E-state index contributed by atoms with van der Waals surface area (Å²) in [5.41, 5.74) is 0.894. The molecule has 2 unspecified atom stereocenters. The van der Waals surface area contributed by atoms with Gasteiger partial charge in [-0.15, -0.1) is 0 Å². The lowest BCUT2D eigenvalue weighted by molar-refractivity contribution is 0.763. The smallest absolute Gasteiger partial charge is 0.180 e. The molecule has 1 fully saturated rings. The molecular formula is C13H19N5S. The van der Waals surface area contributed by atoms with E-state index in [-0.39, 0.29) is 0 Å². The number of imidazole rings is 1. The summed E-state index contributed by atoms with van der Waals surface area (Å²) in [6.07, 6.45) is 11.7. The highest BCUT2D eigenvalue weighted by molar-refractivity contribution is 7.99. The molecule has 3 rings (SSSR count). The molecule has 0 bridgehead atoms. The summed E-state index contributed by atoms with van der Waals surface area (Å²) < 4.78 is 2.00. The first-order valence-electron chi connectivity index (χ1n) is 6.62. The Hall–Kier alpha value is -1.43. The lowest BCUT2D eigenvalue weighted by Crippen LogP contribution is -2.26. The molecule has 0 radical (unpaired) electrons. The monoisotopic (exact) mass is 277 g/mol. The fourth-order valence-corrected chi connectivity index (χ4v) is 3.63. The van der Waals surface area contributed by atoms with Gasteiger partial charge in [-0.25, -0.2) is 9.97 Å². The van der Waals surface area contributed by atoms with Gasteiger partial charge in [0, 0.05) is 30.7 Å². The maximum absolute atomic E-state index is 4.61. The van der Waals surface area contributed by atoms with Crippen LogP contribution in [0.2, 0.25) is 0 Å². The minimum absolute atomic E-state index is 0.495. The van der Waals surface area contributed by atoms with E-state index in [0.29, 0.717) is 11.3 Å². The van der Waals surface area contributed by atoms with Crippen molar-refractivity contribution in [2.45, 2.75) is 30.6 Å². The average Bonchev–Trinajstić information content (AvgIpc) is 3.06. The molecule has 0 saturated heterocycles. The van der Waals surface area contributed by atoms with Crippen LogP contribution >= 0.6 is 11.8 Å². The van der Waals surface area contributed by atoms with E-state index in [9.17, 15) is 0 Å². The van der Waals surface area contributed by atoms with Gasteiger partial charge >= 0.3 is 0 Å². The predicted molar refractivity (Wildman–Crippen MR) is 81.1 cm³/mol. The van der Waals surface area contributed by atoms with E-state index >= 15 is 0 Å². The van der Waals surface area contributed by atoms with Crippen LogP contribution in [-0.2, 0) is 0 Å². The molecular weight excluding hydrogens is 258 g/mol. The number of fused-ring (bicyclic) bond motifs is 1. The molecule has 102 valence electrons. The zero-order chi connectivity index (χ0) is 13.2. The van der Waals surface area contributed by atoms with Crippen molar-refractivity contribution >= 4 is 29.0 Å². The fourth-order valence-electron chi connectivity index (χ4n) is 2.70. The normalized spacial score (nSPS) is 22.8. The second-order valence-corrected chi connectivity index (χ2v) is 5.92. The van der Waals surface area contributed by atoms with Crippen LogP contribution in [-0.4, -0.2) is 39.0 Å². The summed E-state index contributed by atoms with van der Waals surface area (Å²) in [7, 11) is 1.88. The van der Waals surface area contributed by atoms with Crippen LogP contribution in [0.15, 0.2) is 18.6 Å². The number of nitrogens with zero attached hydrogens (tertiary/aromatic N) is 3. The highest BCUT2D eigenvalue weighted by Gasteiger charge is 2.27. The number of hydrogen-bond donors (Lipinski definition) is 2. The SMILES string of the molecule is CNc1cn2ccnc2c(NC2CCCC2SC)n1.